The smallest absolute Gasteiger partial charge is 0.268 e. The highest BCUT2D eigenvalue weighted by molar-refractivity contribution is 5.76. The molecule has 0 aromatic heterocycles. The molecule has 0 unspecified atom stereocenters. The summed E-state index contributed by atoms with van der Waals surface area (Å²) in [4.78, 5) is 15.2. The van der Waals surface area contributed by atoms with Gasteiger partial charge in [0.1, 0.15) is 0 Å². The molecule has 2 N–H and O–H groups in total. The molecule has 25 heavy (non-hydrogen) atoms. The molecule has 1 amide bonds. The standard InChI is InChI=1S/C20H25N3O2/c21-25-23-22-20(24)12-6-11-19-15-13-18(14-16-19)10-5-4-9-17-7-2-1-3-8-17/h1-3,7-8,13-16H,4-6,9-12,21H2. The van der Waals surface area contributed by atoms with Crippen molar-refractivity contribution in [3.8, 4) is 0 Å². The Kier molecular flexibility index (Phi) is 8.35. The highest BCUT2D eigenvalue weighted by Gasteiger charge is 2.01. The van der Waals surface area contributed by atoms with Crippen molar-refractivity contribution in [2.75, 3.05) is 0 Å². The second-order valence-electron chi connectivity index (χ2n) is 6.04. The average Bonchev–Trinajstić information content (AvgIpc) is 2.65. The van der Waals surface area contributed by atoms with Gasteiger partial charge in [0.25, 0.3) is 5.91 Å². The lowest BCUT2D eigenvalue weighted by molar-refractivity contribution is -0.119. The van der Waals surface area contributed by atoms with Crippen LogP contribution in [-0.2, 0) is 29.0 Å². The number of unbranched alkanes of at least 4 members (excludes halogenated alkanes) is 1. The first-order valence-electron chi connectivity index (χ1n) is 8.69. The van der Waals surface area contributed by atoms with E-state index in [2.05, 4.69) is 75.8 Å². The maximum atomic E-state index is 11.3. The topological polar surface area (TPSA) is 77.0 Å². The molecule has 0 aliphatic rings. The van der Waals surface area contributed by atoms with E-state index in [1.54, 1.807) is 0 Å². The molecular formula is C20H25N3O2. The van der Waals surface area contributed by atoms with Gasteiger partial charge >= 0.3 is 0 Å². The van der Waals surface area contributed by atoms with Crippen molar-refractivity contribution in [2.24, 2.45) is 16.3 Å². The molecule has 0 saturated heterocycles. The van der Waals surface area contributed by atoms with Gasteiger partial charge in [0.05, 0.1) is 5.28 Å². The zero-order valence-corrected chi connectivity index (χ0v) is 14.4. The summed E-state index contributed by atoms with van der Waals surface area (Å²) in [6, 6.07) is 19.3. The van der Waals surface area contributed by atoms with E-state index >= 15 is 0 Å². The van der Waals surface area contributed by atoms with Crippen LogP contribution in [0.5, 0.6) is 0 Å². The molecule has 0 spiro atoms. The van der Waals surface area contributed by atoms with Gasteiger partial charge in [0, 0.05) is 6.42 Å². The Balaban J connectivity index is 1.64. The molecule has 2 rings (SSSR count). The van der Waals surface area contributed by atoms with Crippen LogP contribution in [0.15, 0.2) is 65.0 Å². The second kappa shape index (κ2) is 11.1. The largest absolute Gasteiger partial charge is 0.282 e. The predicted octanol–water partition coefficient (Wildman–Crippen LogP) is 4.36. The monoisotopic (exact) mass is 339 g/mol. The molecule has 2 aromatic carbocycles. The van der Waals surface area contributed by atoms with Crippen LogP contribution in [-0.4, -0.2) is 5.91 Å². The number of carbonyl (C=O) groups excluding carboxylic acids is 1. The Morgan fingerprint density at radius 2 is 1.32 bits per heavy atom. The summed E-state index contributed by atoms with van der Waals surface area (Å²) in [5, 5.41) is 6.31. The minimum atomic E-state index is -0.319. The van der Waals surface area contributed by atoms with E-state index in [1.807, 2.05) is 0 Å². The highest BCUT2D eigenvalue weighted by atomic mass is 16.8. The lowest BCUT2D eigenvalue weighted by Gasteiger charge is -2.05. The zero-order valence-electron chi connectivity index (χ0n) is 14.4. The third-order valence-electron chi connectivity index (χ3n) is 4.10. The van der Waals surface area contributed by atoms with Gasteiger partial charge in [-0.15, -0.1) is 5.90 Å². The van der Waals surface area contributed by atoms with Gasteiger partial charge < -0.3 is 0 Å². The average molecular weight is 339 g/mol. The van der Waals surface area contributed by atoms with Crippen LogP contribution in [0.4, 0.5) is 0 Å². The SMILES string of the molecule is NON=NC(=O)CCCc1ccc(CCCCc2ccccc2)cc1. The summed E-state index contributed by atoms with van der Waals surface area (Å²) in [6.07, 6.45) is 6.56. The number of rotatable bonds is 10. The number of nitrogens with two attached hydrogens (primary N) is 1. The number of benzene rings is 2. The van der Waals surface area contributed by atoms with Gasteiger partial charge in [-0.25, -0.2) is 0 Å². The van der Waals surface area contributed by atoms with Crippen molar-refractivity contribution in [1.82, 2.24) is 0 Å². The fourth-order valence-corrected chi connectivity index (χ4v) is 2.74. The zero-order chi connectivity index (χ0) is 17.7. The number of aryl methyl sites for hydroxylation is 3. The van der Waals surface area contributed by atoms with Gasteiger partial charge in [-0.1, -0.05) is 59.7 Å². The molecule has 0 heterocycles. The van der Waals surface area contributed by atoms with Crippen LogP contribution >= 0.6 is 0 Å². The fourth-order valence-electron chi connectivity index (χ4n) is 2.74. The first-order valence-corrected chi connectivity index (χ1v) is 8.69. The van der Waals surface area contributed by atoms with Crippen LogP contribution < -0.4 is 5.90 Å². The van der Waals surface area contributed by atoms with E-state index < -0.39 is 0 Å². The molecule has 132 valence electrons. The highest BCUT2D eigenvalue weighted by Crippen LogP contribution is 2.12. The van der Waals surface area contributed by atoms with Crippen LogP contribution in [0.2, 0.25) is 0 Å². The number of carbonyl (C=O) groups is 1. The third kappa shape index (κ3) is 7.72. The molecule has 0 aliphatic carbocycles. The summed E-state index contributed by atoms with van der Waals surface area (Å²) in [5.41, 5.74) is 4.00. The summed E-state index contributed by atoms with van der Waals surface area (Å²) in [7, 11) is 0. The van der Waals surface area contributed by atoms with Crippen LogP contribution in [0.25, 0.3) is 0 Å². The fraction of sp³-hybridized carbons (Fsp3) is 0.350. The molecule has 5 nitrogen and oxygen atoms in total. The normalized spacial score (nSPS) is 10.9. The maximum Gasteiger partial charge on any atom is 0.268 e. The molecule has 0 aliphatic heterocycles. The summed E-state index contributed by atoms with van der Waals surface area (Å²) in [5.74, 6) is 4.35. The molecular weight excluding hydrogens is 314 g/mol. The predicted molar refractivity (Wildman–Crippen MR) is 97.6 cm³/mol. The van der Waals surface area contributed by atoms with Gasteiger partial charge in [0.2, 0.25) is 0 Å². The Bertz CT molecular complexity index is 654. The van der Waals surface area contributed by atoms with Crippen LogP contribution in [0.3, 0.4) is 0 Å². The Hall–Kier alpha value is -2.53. The summed E-state index contributed by atoms with van der Waals surface area (Å²) >= 11 is 0. The Morgan fingerprint density at radius 3 is 1.88 bits per heavy atom. The molecule has 0 bridgehead atoms. The van der Waals surface area contributed by atoms with E-state index in [4.69, 9.17) is 0 Å². The molecule has 5 heteroatoms. The Morgan fingerprint density at radius 1 is 0.800 bits per heavy atom. The quantitative estimate of drug-likeness (QED) is 0.397. The lowest BCUT2D eigenvalue weighted by atomic mass is 10.0. The van der Waals surface area contributed by atoms with Crippen molar-refractivity contribution < 1.29 is 9.73 Å². The molecule has 0 radical (unpaired) electrons. The molecule has 0 saturated carbocycles. The first kappa shape index (κ1) is 18.8. The summed E-state index contributed by atoms with van der Waals surface area (Å²) < 4.78 is 0. The van der Waals surface area contributed by atoms with E-state index in [1.165, 1.54) is 29.5 Å². The van der Waals surface area contributed by atoms with E-state index in [0.29, 0.717) is 6.42 Å². The summed E-state index contributed by atoms with van der Waals surface area (Å²) in [6.45, 7) is 0. The minimum absolute atomic E-state index is 0.319. The maximum absolute atomic E-state index is 11.3. The second-order valence-corrected chi connectivity index (χ2v) is 6.04. The van der Waals surface area contributed by atoms with Crippen LogP contribution in [0, 0.1) is 0 Å². The van der Waals surface area contributed by atoms with Crippen molar-refractivity contribution in [2.45, 2.75) is 44.9 Å². The van der Waals surface area contributed by atoms with E-state index in [-0.39, 0.29) is 5.91 Å². The van der Waals surface area contributed by atoms with Gasteiger partial charge in [-0.2, -0.15) is 0 Å². The molecule has 0 fully saturated rings. The Labute approximate surface area is 148 Å². The lowest BCUT2D eigenvalue weighted by Crippen LogP contribution is -1.96. The van der Waals surface area contributed by atoms with Crippen molar-refractivity contribution >= 4 is 5.91 Å². The number of hydrogen-bond acceptors (Lipinski definition) is 4. The third-order valence-corrected chi connectivity index (χ3v) is 4.10. The number of amides is 1. The number of hydrogen-bond donors (Lipinski definition) is 1. The van der Waals surface area contributed by atoms with Gasteiger partial charge in [-0.05, 0) is 55.2 Å². The van der Waals surface area contributed by atoms with Crippen molar-refractivity contribution in [1.29, 1.82) is 0 Å². The van der Waals surface area contributed by atoms with E-state index in [0.717, 1.165) is 25.7 Å². The van der Waals surface area contributed by atoms with Gasteiger partial charge in [-0.3, -0.25) is 9.73 Å². The molecule has 2 aromatic rings. The van der Waals surface area contributed by atoms with E-state index in [9.17, 15) is 4.79 Å². The van der Waals surface area contributed by atoms with Crippen LogP contribution in [0.1, 0.15) is 42.4 Å². The van der Waals surface area contributed by atoms with Crippen molar-refractivity contribution in [3.05, 3.63) is 71.3 Å². The van der Waals surface area contributed by atoms with Gasteiger partial charge in [0.15, 0.2) is 0 Å². The first-order chi connectivity index (χ1) is 12.3. The minimum Gasteiger partial charge on any atom is -0.282 e. The molecule has 0 atom stereocenters. The van der Waals surface area contributed by atoms with Crippen molar-refractivity contribution in [3.63, 3.8) is 0 Å². The number of nitrogens with zero attached hydrogens (tertiary/aromatic N) is 2.